The van der Waals surface area contributed by atoms with Crippen LogP contribution in [0.15, 0.2) is 97.2 Å². The molecule has 2 aromatic carbocycles. The molecule has 0 aromatic heterocycles. The minimum Gasteiger partial charge on any atom is -0.370 e. The van der Waals surface area contributed by atoms with E-state index < -0.39 is 0 Å². The zero-order chi connectivity index (χ0) is 21.9. The van der Waals surface area contributed by atoms with E-state index in [0.717, 1.165) is 38.4 Å². The molecule has 1 aliphatic carbocycles. The van der Waals surface area contributed by atoms with Gasteiger partial charge in [-0.3, -0.25) is 4.90 Å². The normalized spacial score (nSPS) is 22.2. The number of rotatable bonds is 8. The lowest BCUT2D eigenvalue weighted by Crippen LogP contribution is -2.33. The van der Waals surface area contributed by atoms with Gasteiger partial charge in [0.05, 0.1) is 6.04 Å². The van der Waals surface area contributed by atoms with E-state index in [-0.39, 0.29) is 0 Å². The molecule has 2 aliphatic heterocycles. The Hall–Kier alpha value is -2.84. The van der Waals surface area contributed by atoms with Gasteiger partial charge in [0.1, 0.15) is 0 Å². The zero-order valence-electron chi connectivity index (χ0n) is 19.0. The summed E-state index contributed by atoms with van der Waals surface area (Å²) in [4.78, 5) is 5.21. The van der Waals surface area contributed by atoms with Gasteiger partial charge in [-0.2, -0.15) is 0 Å². The van der Waals surface area contributed by atoms with Gasteiger partial charge in [-0.25, -0.2) is 0 Å². The lowest BCUT2D eigenvalue weighted by Gasteiger charge is -2.33. The molecule has 2 atom stereocenters. The summed E-state index contributed by atoms with van der Waals surface area (Å²) in [6.45, 7) is 13.2. The molecule has 5 rings (SSSR count). The van der Waals surface area contributed by atoms with Crippen molar-refractivity contribution in [1.29, 1.82) is 0 Å². The second-order valence-corrected chi connectivity index (χ2v) is 9.50. The van der Waals surface area contributed by atoms with Gasteiger partial charge in [-0.15, -0.1) is 0 Å². The first-order valence-electron chi connectivity index (χ1n) is 12.0. The third-order valence-electron chi connectivity index (χ3n) is 7.50. The number of fused-ring (bicyclic) bond motifs is 2. The van der Waals surface area contributed by atoms with Gasteiger partial charge in [0.2, 0.25) is 0 Å². The highest BCUT2D eigenvalue weighted by molar-refractivity contribution is 5.64. The molecule has 2 unspecified atom stereocenters. The molecular formula is C30H34N2. The van der Waals surface area contributed by atoms with E-state index in [9.17, 15) is 0 Å². The van der Waals surface area contributed by atoms with E-state index in [4.69, 9.17) is 0 Å². The van der Waals surface area contributed by atoms with Crippen LogP contribution in [0.5, 0.6) is 0 Å². The van der Waals surface area contributed by atoms with Crippen molar-refractivity contribution in [3.63, 3.8) is 0 Å². The minimum atomic E-state index is 0.573. The third-order valence-corrected chi connectivity index (χ3v) is 7.50. The van der Waals surface area contributed by atoms with E-state index in [1.807, 2.05) is 0 Å². The first kappa shape index (κ1) is 21.0. The van der Waals surface area contributed by atoms with Crippen LogP contribution in [0.1, 0.15) is 36.8 Å². The summed E-state index contributed by atoms with van der Waals surface area (Å²) in [5.74, 6) is 0.745. The van der Waals surface area contributed by atoms with Crippen molar-refractivity contribution in [2.24, 2.45) is 5.92 Å². The van der Waals surface area contributed by atoms with Crippen LogP contribution in [-0.4, -0.2) is 42.0 Å². The molecular weight excluding hydrogens is 388 g/mol. The average molecular weight is 423 g/mol. The number of likely N-dealkylation sites (tertiary alicyclic amines) is 1. The van der Waals surface area contributed by atoms with Crippen LogP contribution in [-0.2, 0) is 0 Å². The highest BCUT2D eigenvalue weighted by Gasteiger charge is 2.38. The molecule has 2 heteroatoms. The summed E-state index contributed by atoms with van der Waals surface area (Å²) >= 11 is 0. The topological polar surface area (TPSA) is 6.48 Å². The summed E-state index contributed by atoms with van der Waals surface area (Å²) in [5, 5.41) is 0. The summed E-state index contributed by atoms with van der Waals surface area (Å²) in [6, 6.07) is 21.8. The largest absolute Gasteiger partial charge is 0.370 e. The Morgan fingerprint density at radius 2 is 1.44 bits per heavy atom. The van der Waals surface area contributed by atoms with Gasteiger partial charge in [0.15, 0.2) is 0 Å². The molecule has 0 saturated carbocycles. The Kier molecular flexibility index (Phi) is 6.14. The molecule has 0 amide bonds. The summed E-state index contributed by atoms with van der Waals surface area (Å²) in [5.41, 5.74) is 8.34. The molecule has 3 aliphatic rings. The van der Waals surface area contributed by atoms with Gasteiger partial charge in [0, 0.05) is 26.2 Å². The Bertz CT molecular complexity index is 1030. The molecule has 1 fully saturated rings. The first-order chi connectivity index (χ1) is 15.7. The van der Waals surface area contributed by atoms with Crippen LogP contribution in [0.2, 0.25) is 0 Å². The molecule has 2 heterocycles. The second kappa shape index (κ2) is 9.34. The highest BCUT2D eigenvalue weighted by atomic mass is 15.2. The maximum atomic E-state index is 4.33. The van der Waals surface area contributed by atoms with Gasteiger partial charge < -0.3 is 4.90 Å². The summed E-state index contributed by atoms with van der Waals surface area (Å²) in [6.07, 6.45) is 9.41. The van der Waals surface area contributed by atoms with Gasteiger partial charge >= 0.3 is 0 Å². The van der Waals surface area contributed by atoms with Crippen molar-refractivity contribution >= 4 is 11.1 Å². The fourth-order valence-corrected chi connectivity index (χ4v) is 5.61. The van der Waals surface area contributed by atoms with E-state index in [1.54, 1.807) is 11.1 Å². The Morgan fingerprint density at radius 3 is 2.09 bits per heavy atom. The van der Waals surface area contributed by atoms with Gasteiger partial charge in [0.25, 0.3) is 0 Å². The molecule has 2 aromatic rings. The minimum absolute atomic E-state index is 0.573. The summed E-state index contributed by atoms with van der Waals surface area (Å²) in [7, 11) is 0. The molecule has 32 heavy (non-hydrogen) atoms. The Morgan fingerprint density at radius 1 is 0.812 bits per heavy atom. The van der Waals surface area contributed by atoms with E-state index in [0.29, 0.717) is 6.04 Å². The van der Waals surface area contributed by atoms with E-state index in [1.165, 1.54) is 41.7 Å². The standard InChI is InChI=1S/C30H34N2/c1-23(25-9-5-3-6-10-25)15-18-31-21-27-13-14-30-28(29(27)22-31)17-20-32(30)19-16-24(2)26-11-7-4-8-12-26/h3-12,17,20,27,30H,1-2,13-16,18-19,21-22H2. The maximum absolute atomic E-state index is 4.33. The van der Waals surface area contributed by atoms with Crippen LogP contribution < -0.4 is 0 Å². The lowest BCUT2D eigenvalue weighted by atomic mass is 9.82. The quantitative estimate of drug-likeness (QED) is 0.485. The number of hydrogen-bond acceptors (Lipinski definition) is 2. The van der Waals surface area contributed by atoms with E-state index >= 15 is 0 Å². The van der Waals surface area contributed by atoms with Crippen molar-refractivity contribution in [1.82, 2.24) is 9.80 Å². The predicted molar refractivity (Wildman–Crippen MR) is 136 cm³/mol. The highest BCUT2D eigenvalue weighted by Crippen LogP contribution is 2.41. The van der Waals surface area contributed by atoms with Gasteiger partial charge in [-0.05, 0) is 77.3 Å². The SMILES string of the molecule is C=C(CCN1CC2=C3C=CN(CCC(=C)c4ccccc4)C3CCC2C1)c1ccccc1. The van der Waals surface area contributed by atoms with E-state index in [2.05, 4.69) is 95.9 Å². The molecule has 2 nitrogen and oxygen atoms in total. The van der Waals surface area contributed by atoms with Crippen LogP contribution in [0, 0.1) is 5.92 Å². The van der Waals surface area contributed by atoms with Gasteiger partial charge in [-0.1, -0.05) is 73.8 Å². The fourth-order valence-electron chi connectivity index (χ4n) is 5.61. The van der Waals surface area contributed by atoms with Crippen molar-refractivity contribution in [3.05, 3.63) is 108 Å². The Balaban J connectivity index is 1.17. The summed E-state index contributed by atoms with van der Waals surface area (Å²) < 4.78 is 0. The second-order valence-electron chi connectivity index (χ2n) is 9.50. The third kappa shape index (κ3) is 4.38. The molecule has 0 bridgehead atoms. The molecule has 0 radical (unpaired) electrons. The molecule has 0 spiro atoms. The molecule has 0 N–H and O–H groups in total. The average Bonchev–Trinajstić information content (AvgIpc) is 3.45. The van der Waals surface area contributed by atoms with Crippen LogP contribution in [0.3, 0.4) is 0 Å². The fraction of sp³-hybridized carbons (Fsp3) is 0.333. The molecule has 164 valence electrons. The number of benzene rings is 2. The molecule has 1 saturated heterocycles. The Labute approximate surface area is 193 Å². The monoisotopic (exact) mass is 422 g/mol. The van der Waals surface area contributed by atoms with Crippen LogP contribution >= 0.6 is 0 Å². The van der Waals surface area contributed by atoms with Crippen LogP contribution in [0.4, 0.5) is 0 Å². The zero-order valence-corrected chi connectivity index (χ0v) is 19.0. The van der Waals surface area contributed by atoms with Crippen molar-refractivity contribution in [2.75, 3.05) is 26.2 Å². The van der Waals surface area contributed by atoms with Crippen molar-refractivity contribution < 1.29 is 0 Å². The lowest BCUT2D eigenvalue weighted by molar-refractivity contribution is 0.283. The first-order valence-corrected chi connectivity index (χ1v) is 12.0. The number of hydrogen-bond donors (Lipinski definition) is 0. The van der Waals surface area contributed by atoms with Crippen molar-refractivity contribution in [3.8, 4) is 0 Å². The van der Waals surface area contributed by atoms with Crippen molar-refractivity contribution in [2.45, 2.75) is 31.7 Å². The maximum Gasteiger partial charge on any atom is 0.0538 e. The predicted octanol–water partition coefficient (Wildman–Crippen LogP) is 6.41. The number of nitrogens with zero attached hydrogens (tertiary/aromatic N) is 2. The smallest absolute Gasteiger partial charge is 0.0538 e. The van der Waals surface area contributed by atoms with Crippen LogP contribution in [0.25, 0.3) is 11.1 Å².